The van der Waals surface area contributed by atoms with Crippen molar-refractivity contribution in [3.63, 3.8) is 0 Å². The van der Waals surface area contributed by atoms with Crippen LogP contribution in [-0.4, -0.2) is 15.1 Å². The maximum atomic E-state index is 14.8. The Morgan fingerprint density at radius 1 is 1.04 bits per heavy atom. The molecule has 0 atom stereocenters. The topological polar surface area (TPSA) is 54.7 Å². The van der Waals surface area contributed by atoms with Crippen LogP contribution < -0.4 is 0 Å². The number of halogens is 1. The molecule has 4 rings (SSSR count). The van der Waals surface area contributed by atoms with Gasteiger partial charge in [-0.25, -0.2) is 9.37 Å². The lowest BCUT2D eigenvalue weighted by molar-refractivity contribution is 0.393. The lowest BCUT2D eigenvalue weighted by Gasteiger charge is -2.09. The minimum absolute atomic E-state index is 0. The Bertz CT molecular complexity index is 1090. The fourth-order valence-corrected chi connectivity index (χ4v) is 3.34. The lowest BCUT2D eigenvalue weighted by atomic mass is 9.95. The van der Waals surface area contributed by atoms with Gasteiger partial charge in [0, 0.05) is 16.7 Å². The third-order valence-corrected chi connectivity index (χ3v) is 4.51. The van der Waals surface area contributed by atoms with Crippen molar-refractivity contribution in [1.29, 1.82) is 0 Å². The summed E-state index contributed by atoms with van der Waals surface area (Å²) in [6.45, 7) is 7.45. The Kier molecular flexibility index (Phi) is 4.40. The number of nitrogens with one attached hydrogen (secondary N) is 1. The molecule has 0 aliphatic rings. The highest BCUT2D eigenvalue weighted by Gasteiger charge is 2.18. The van der Waals surface area contributed by atoms with Crippen LogP contribution in [0.1, 0.15) is 30.3 Å². The Morgan fingerprint density at radius 3 is 2.50 bits per heavy atom. The zero-order valence-electron chi connectivity index (χ0n) is 14.6. The molecule has 0 amide bonds. The molecule has 134 valence electrons. The largest absolute Gasteiger partial charge is 0.361 e. The molecule has 0 unspecified atom stereocenters. The maximum absolute atomic E-state index is 14.8. The summed E-state index contributed by atoms with van der Waals surface area (Å²) in [4.78, 5) is 7.83. The van der Waals surface area contributed by atoms with Gasteiger partial charge in [0.1, 0.15) is 17.4 Å². The van der Waals surface area contributed by atoms with E-state index >= 15 is 0 Å². The molecule has 1 N–H and O–H groups in total. The summed E-state index contributed by atoms with van der Waals surface area (Å²) in [7, 11) is 0. The van der Waals surface area contributed by atoms with Crippen LogP contribution in [0.3, 0.4) is 0 Å². The van der Waals surface area contributed by atoms with E-state index in [9.17, 15) is 4.39 Å². The molecule has 0 radical (unpaired) electrons. The predicted molar refractivity (Wildman–Crippen MR) is 103 cm³/mol. The number of rotatable bonds is 2. The molecular formula is C21H22FN3O. The van der Waals surface area contributed by atoms with Gasteiger partial charge in [0.15, 0.2) is 0 Å². The highest BCUT2D eigenvalue weighted by Crippen LogP contribution is 2.36. The number of benzene rings is 2. The van der Waals surface area contributed by atoms with E-state index in [0.717, 1.165) is 45.0 Å². The van der Waals surface area contributed by atoms with Crippen LogP contribution in [0.2, 0.25) is 0 Å². The number of hydrogen-bond acceptors (Lipinski definition) is 3. The summed E-state index contributed by atoms with van der Waals surface area (Å²) in [6.07, 6.45) is 0. The minimum atomic E-state index is -0.222. The van der Waals surface area contributed by atoms with Gasteiger partial charge in [-0.3, -0.25) is 0 Å². The molecule has 0 aliphatic heterocycles. The molecule has 0 fully saturated rings. The predicted octanol–water partition coefficient (Wildman–Crippen LogP) is 5.89. The van der Waals surface area contributed by atoms with Crippen molar-refractivity contribution >= 4 is 11.0 Å². The van der Waals surface area contributed by atoms with E-state index in [1.54, 1.807) is 19.1 Å². The molecule has 4 nitrogen and oxygen atoms in total. The quantitative estimate of drug-likeness (QED) is 0.489. The summed E-state index contributed by atoms with van der Waals surface area (Å²) in [5.41, 5.74) is 6.22. The molecule has 5 heteroatoms. The number of H-pyrrole nitrogens is 1. The first-order valence-corrected chi connectivity index (χ1v) is 8.15. The summed E-state index contributed by atoms with van der Waals surface area (Å²) in [5, 5.41) is 4.04. The number of imidazole rings is 1. The highest BCUT2D eigenvalue weighted by molar-refractivity contribution is 5.96. The van der Waals surface area contributed by atoms with Gasteiger partial charge in [-0.15, -0.1) is 0 Å². The first-order valence-electron chi connectivity index (χ1n) is 8.15. The SMILES string of the molecule is C.Cc1nc2c(-c3cccc(C)c3F)cc(-c3c(C)noc3C)cc2[nH]1. The van der Waals surface area contributed by atoms with Crippen LogP contribution in [0.4, 0.5) is 4.39 Å². The van der Waals surface area contributed by atoms with Crippen molar-refractivity contribution in [3.8, 4) is 22.3 Å². The van der Waals surface area contributed by atoms with E-state index in [0.29, 0.717) is 11.1 Å². The second-order valence-corrected chi connectivity index (χ2v) is 6.38. The molecule has 0 saturated carbocycles. The normalized spacial score (nSPS) is 11.0. The third kappa shape index (κ3) is 2.69. The number of hydrogen-bond donors (Lipinski definition) is 1. The molecule has 4 aromatic rings. The van der Waals surface area contributed by atoms with E-state index in [1.807, 2.05) is 39.0 Å². The van der Waals surface area contributed by atoms with Crippen molar-refractivity contribution in [2.24, 2.45) is 0 Å². The fourth-order valence-electron chi connectivity index (χ4n) is 3.34. The van der Waals surface area contributed by atoms with E-state index < -0.39 is 0 Å². The van der Waals surface area contributed by atoms with E-state index in [1.165, 1.54) is 0 Å². The van der Waals surface area contributed by atoms with Crippen LogP contribution in [0.5, 0.6) is 0 Å². The smallest absolute Gasteiger partial charge is 0.141 e. The molecular weight excluding hydrogens is 329 g/mol. The van der Waals surface area contributed by atoms with Crippen molar-refractivity contribution < 1.29 is 8.91 Å². The number of aryl methyl sites for hydroxylation is 4. The van der Waals surface area contributed by atoms with Crippen molar-refractivity contribution in [2.45, 2.75) is 35.1 Å². The maximum Gasteiger partial charge on any atom is 0.141 e. The van der Waals surface area contributed by atoms with Crippen LogP contribution in [-0.2, 0) is 0 Å². The van der Waals surface area contributed by atoms with E-state index in [4.69, 9.17) is 4.52 Å². The Morgan fingerprint density at radius 2 is 1.81 bits per heavy atom. The van der Waals surface area contributed by atoms with Gasteiger partial charge < -0.3 is 9.51 Å². The highest BCUT2D eigenvalue weighted by atomic mass is 19.1. The zero-order valence-corrected chi connectivity index (χ0v) is 14.6. The summed E-state index contributed by atoms with van der Waals surface area (Å²) in [6, 6.07) is 9.40. The molecule has 2 heterocycles. The Labute approximate surface area is 152 Å². The zero-order chi connectivity index (χ0) is 17.7. The summed E-state index contributed by atoms with van der Waals surface area (Å²) in [5.74, 6) is 1.31. The van der Waals surface area contributed by atoms with Gasteiger partial charge in [0.05, 0.1) is 16.7 Å². The van der Waals surface area contributed by atoms with E-state index in [2.05, 4.69) is 15.1 Å². The number of fused-ring (bicyclic) bond motifs is 1. The van der Waals surface area contributed by atoms with Crippen LogP contribution >= 0.6 is 0 Å². The van der Waals surface area contributed by atoms with Gasteiger partial charge in [0.2, 0.25) is 0 Å². The molecule has 0 aliphatic carbocycles. The van der Waals surface area contributed by atoms with Crippen molar-refractivity contribution in [3.05, 3.63) is 59.0 Å². The lowest BCUT2D eigenvalue weighted by Crippen LogP contribution is -1.91. The summed E-state index contributed by atoms with van der Waals surface area (Å²) < 4.78 is 20.1. The second kappa shape index (κ2) is 6.41. The number of aromatic amines is 1. The number of aromatic nitrogens is 3. The Balaban J connectivity index is 0.00000196. The second-order valence-electron chi connectivity index (χ2n) is 6.38. The average Bonchev–Trinajstić information content (AvgIpc) is 3.10. The van der Waals surface area contributed by atoms with Gasteiger partial charge in [-0.2, -0.15) is 0 Å². The first kappa shape index (κ1) is 17.9. The molecule has 0 saturated heterocycles. The van der Waals surface area contributed by atoms with Crippen LogP contribution in [0.15, 0.2) is 34.9 Å². The fraction of sp³-hybridized carbons (Fsp3) is 0.238. The molecule has 2 aromatic heterocycles. The van der Waals surface area contributed by atoms with Crippen molar-refractivity contribution in [1.82, 2.24) is 15.1 Å². The number of nitrogens with zero attached hydrogens (tertiary/aromatic N) is 2. The van der Waals surface area contributed by atoms with Gasteiger partial charge in [0.25, 0.3) is 0 Å². The average molecular weight is 351 g/mol. The minimum Gasteiger partial charge on any atom is -0.361 e. The van der Waals surface area contributed by atoms with Gasteiger partial charge >= 0.3 is 0 Å². The van der Waals surface area contributed by atoms with Crippen LogP contribution in [0.25, 0.3) is 33.3 Å². The Hall–Kier alpha value is -2.95. The molecule has 0 bridgehead atoms. The van der Waals surface area contributed by atoms with Crippen molar-refractivity contribution in [2.75, 3.05) is 0 Å². The standard InChI is InChI=1S/C20H18FN3O.CH4/c1-10-6-5-7-15(19(10)21)16-8-14(18-11(2)24-25-12(18)3)9-17-20(16)23-13(4)22-17;/h5-9H,1-4H3,(H,22,23);1H4. The van der Waals surface area contributed by atoms with Gasteiger partial charge in [-0.05, 0) is 51.0 Å². The van der Waals surface area contributed by atoms with Gasteiger partial charge in [-0.1, -0.05) is 30.8 Å². The molecule has 0 spiro atoms. The monoisotopic (exact) mass is 351 g/mol. The molecule has 2 aromatic carbocycles. The summed E-state index contributed by atoms with van der Waals surface area (Å²) >= 11 is 0. The van der Waals surface area contributed by atoms with Crippen LogP contribution in [0, 0.1) is 33.5 Å². The third-order valence-electron chi connectivity index (χ3n) is 4.51. The van der Waals surface area contributed by atoms with E-state index in [-0.39, 0.29) is 13.2 Å². The molecule has 26 heavy (non-hydrogen) atoms. The first-order chi connectivity index (χ1) is 12.0.